The van der Waals surface area contributed by atoms with Crippen molar-refractivity contribution in [1.82, 2.24) is 15.1 Å². The summed E-state index contributed by atoms with van der Waals surface area (Å²) in [4.78, 5) is 29.8. The molecule has 0 aromatic heterocycles. The zero-order chi connectivity index (χ0) is 24.7. The van der Waals surface area contributed by atoms with E-state index in [9.17, 15) is 22.8 Å². The lowest BCUT2D eigenvalue weighted by Gasteiger charge is -2.41. The number of rotatable bonds is 4. The summed E-state index contributed by atoms with van der Waals surface area (Å²) >= 11 is 0. The number of halogens is 3. The molecule has 34 heavy (non-hydrogen) atoms. The second-order valence-corrected chi connectivity index (χ2v) is 10.2. The molecule has 0 bridgehead atoms. The molecule has 9 heteroatoms. The van der Waals surface area contributed by atoms with E-state index in [0.717, 1.165) is 57.3 Å². The first-order valence-electron chi connectivity index (χ1n) is 12.1. The average Bonchev–Trinajstić information content (AvgIpc) is 3.29. The van der Waals surface area contributed by atoms with Gasteiger partial charge in [0.1, 0.15) is 5.75 Å². The third-order valence-corrected chi connectivity index (χ3v) is 8.13. The Bertz CT molecular complexity index is 928. The smallest absolute Gasteiger partial charge is 0.416 e. The highest BCUT2D eigenvalue weighted by atomic mass is 19.4. The van der Waals surface area contributed by atoms with Crippen LogP contribution in [0.3, 0.4) is 0 Å². The Kier molecular flexibility index (Phi) is 6.86. The fourth-order valence-electron chi connectivity index (χ4n) is 5.92. The molecule has 1 N–H and O–H groups in total. The quantitative estimate of drug-likeness (QED) is 0.705. The lowest BCUT2D eigenvalue weighted by atomic mass is 9.74. The Hall–Kier alpha value is -2.29. The first-order valence-corrected chi connectivity index (χ1v) is 12.1. The van der Waals surface area contributed by atoms with Crippen molar-refractivity contribution in [2.24, 2.45) is 17.3 Å². The molecule has 2 aliphatic heterocycles. The van der Waals surface area contributed by atoms with Gasteiger partial charge in [0.05, 0.1) is 17.5 Å². The zero-order valence-electron chi connectivity index (χ0n) is 20.1. The van der Waals surface area contributed by atoms with E-state index in [1.54, 1.807) is 11.9 Å². The van der Waals surface area contributed by atoms with E-state index in [2.05, 4.69) is 24.1 Å². The maximum Gasteiger partial charge on any atom is 0.416 e. The fourth-order valence-corrected chi connectivity index (χ4v) is 5.92. The number of nitrogens with one attached hydrogen (secondary N) is 1. The number of hydrogen-bond donors (Lipinski definition) is 1. The van der Waals surface area contributed by atoms with Crippen molar-refractivity contribution < 1.29 is 27.5 Å². The maximum absolute atomic E-state index is 13.8. The molecule has 2 fully saturated rings. The Morgan fingerprint density at radius 3 is 2.50 bits per heavy atom. The highest BCUT2D eigenvalue weighted by Gasteiger charge is 2.51. The maximum atomic E-state index is 13.8. The molecule has 1 saturated heterocycles. The second kappa shape index (κ2) is 9.40. The number of piperidine rings is 1. The minimum absolute atomic E-state index is 0.0340. The molecule has 1 aromatic rings. The Morgan fingerprint density at radius 1 is 1.18 bits per heavy atom. The van der Waals surface area contributed by atoms with Gasteiger partial charge in [0.15, 0.2) is 6.73 Å². The van der Waals surface area contributed by atoms with Crippen molar-refractivity contribution in [1.29, 1.82) is 0 Å². The average molecular weight is 482 g/mol. The number of likely N-dealkylation sites (tertiary alicyclic amines) is 1. The van der Waals surface area contributed by atoms with Crippen LogP contribution in [-0.2, 0) is 22.3 Å². The number of ether oxygens (including phenoxy) is 1. The number of benzene rings is 1. The largest absolute Gasteiger partial charge is 0.473 e. The van der Waals surface area contributed by atoms with Gasteiger partial charge in [0, 0.05) is 24.6 Å². The molecule has 6 nitrogen and oxygen atoms in total. The number of alkyl halides is 3. The molecule has 1 saturated carbocycles. The van der Waals surface area contributed by atoms with Gasteiger partial charge >= 0.3 is 6.18 Å². The van der Waals surface area contributed by atoms with Crippen LogP contribution >= 0.6 is 0 Å². The van der Waals surface area contributed by atoms with Gasteiger partial charge in [-0.15, -0.1) is 0 Å². The predicted octanol–water partition coefficient (Wildman–Crippen LogP) is 4.04. The van der Waals surface area contributed by atoms with Gasteiger partial charge in [-0.1, -0.05) is 13.8 Å². The minimum Gasteiger partial charge on any atom is -0.473 e. The Labute approximate surface area is 198 Å². The first kappa shape index (κ1) is 24.8. The van der Waals surface area contributed by atoms with E-state index in [1.165, 1.54) is 6.07 Å². The molecule has 188 valence electrons. The van der Waals surface area contributed by atoms with Crippen LogP contribution in [0.2, 0.25) is 0 Å². The van der Waals surface area contributed by atoms with Gasteiger partial charge in [-0.3, -0.25) is 9.59 Å². The van der Waals surface area contributed by atoms with E-state index < -0.39 is 17.2 Å². The predicted molar refractivity (Wildman–Crippen MR) is 121 cm³/mol. The lowest BCUT2D eigenvalue weighted by Crippen LogP contribution is -2.49. The Morgan fingerprint density at radius 2 is 1.88 bits per heavy atom. The molecule has 2 heterocycles. The van der Waals surface area contributed by atoms with Crippen LogP contribution in [0.4, 0.5) is 13.2 Å². The van der Waals surface area contributed by atoms with Gasteiger partial charge in [-0.25, -0.2) is 0 Å². The van der Waals surface area contributed by atoms with E-state index in [-0.39, 0.29) is 43.0 Å². The number of nitrogens with zero attached hydrogens (tertiary/aromatic N) is 2. The third-order valence-electron chi connectivity index (χ3n) is 8.13. The molecule has 2 amide bonds. The van der Waals surface area contributed by atoms with E-state index in [4.69, 9.17) is 4.74 Å². The van der Waals surface area contributed by atoms with Crippen LogP contribution in [0.5, 0.6) is 5.75 Å². The van der Waals surface area contributed by atoms with Gasteiger partial charge in [-0.2, -0.15) is 13.2 Å². The van der Waals surface area contributed by atoms with Crippen LogP contribution in [0, 0.1) is 17.3 Å². The standard InChI is InChI=1S/C25H34F3N3O3/c1-16(2)24(9-6-20(13-24)30-10-7-17(8-11-30)22(32)29-3)23(33)31-14-18-12-19(25(26,27)28)4-5-21(18)34-15-31/h4-5,12,16-17,20H,6-11,13-15H2,1-3H3,(H,29,32)/t20-,24+/m1/s1. The van der Waals surface area contributed by atoms with Gasteiger partial charge in [0.2, 0.25) is 11.8 Å². The molecule has 0 spiro atoms. The van der Waals surface area contributed by atoms with Crippen LogP contribution in [0.15, 0.2) is 18.2 Å². The summed E-state index contributed by atoms with van der Waals surface area (Å²) in [5.74, 6) is 0.603. The van der Waals surface area contributed by atoms with E-state index >= 15 is 0 Å². The van der Waals surface area contributed by atoms with Gasteiger partial charge in [-0.05, 0) is 69.3 Å². The number of fused-ring (bicyclic) bond motifs is 1. The lowest BCUT2D eigenvalue weighted by molar-refractivity contribution is -0.150. The van der Waals surface area contributed by atoms with Crippen molar-refractivity contribution in [3.63, 3.8) is 0 Å². The topological polar surface area (TPSA) is 61.9 Å². The molecule has 1 aliphatic carbocycles. The number of amides is 2. The molecular formula is C25H34F3N3O3. The van der Waals surface area contributed by atoms with E-state index in [1.807, 2.05) is 0 Å². The normalized spacial score (nSPS) is 26.3. The minimum atomic E-state index is -4.44. The van der Waals surface area contributed by atoms with Crippen molar-refractivity contribution in [3.8, 4) is 5.75 Å². The van der Waals surface area contributed by atoms with Gasteiger partial charge < -0.3 is 19.9 Å². The van der Waals surface area contributed by atoms with Crippen LogP contribution in [0.1, 0.15) is 57.1 Å². The summed E-state index contributed by atoms with van der Waals surface area (Å²) in [5.41, 5.74) is -0.909. The van der Waals surface area contributed by atoms with Crippen LogP contribution in [-0.4, -0.2) is 54.5 Å². The van der Waals surface area contributed by atoms with Crippen LogP contribution in [0.25, 0.3) is 0 Å². The number of carbonyl (C=O) groups is 2. The third kappa shape index (κ3) is 4.63. The molecule has 2 atom stereocenters. The van der Waals surface area contributed by atoms with Crippen molar-refractivity contribution in [3.05, 3.63) is 29.3 Å². The summed E-state index contributed by atoms with van der Waals surface area (Å²) in [6.45, 7) is 5.96. The summed E-state index contributed by atoms with van der Waals surface area (Å²) in [6, 6.07) is 3.71. The molecule has 0 radical (unpaired) electrons. The highest BCUT2D eigenvalue weighted by molar-refractivity contribution is 5.84. The molecule has 0 unspecified atom stereocenters. The van der Waals surface area contributed by atoms with Crippen molar-refractivity contribution in [2.75, 3.05) is 26.9 Å². The summed E-state index contributed by atoms with van der Waals surface area (Å²) in [6.07, 6.45) is -0.438. The Balaban J connectivity index is 1.46. The molecule has 1 aromatic carbocycles. The highest BCUT2D eigenvalue weighted by Crippen LogP contribution is 2.48. The number of carbonyl (C=O) groups excluding carboxylic acids is 2. The summed E-state index contributed by atoms with van der Waals surface area (Å²) in [5, 5.41) is 2.74. The second-order valence-electron chi connectivity index (χ2n) is 10.2. The first-order chi connectivity index (χ1) is 16.0. The van der Waals surface area contributed by atoms with Gasteiger partial charge in [0.25, 0.3) is 0 Å². The SMILES string of the molecule is CNC(=O)C1CCN([C@@H]2CC[C@@](C(=O)N3COc4ccc(C(F)(F)F)cc4C3)(C(C)C)C2)CC1. The fraction of sp³-hybridized carbons (Fsp3) is 0.680. The molecule has 3 aliphatic rings. The summed E-state index contributed by atoms with van der Waals surface area (Å²) in [7, 11) is 1.67. The summed E-state index contributed by atoms with van der Waals surface area (Å²) < 4.78 is 45.2. The molecule has 4 rings (SSSR count). The monoisotopic (exact) mass is 481 g/mol. The zero-order valence-corrected chi connectivity index (χ0v) is 20.1. The van der Waals surface area contributed by atoms with Crippen molar-refractivity contribution in [2.45, 2.75) is 64.7 Å². The van der Waals surface area contributed by atoms with Crippen molar-refractivity contribution >= 4 is 11.8 Å². The number of hydrogen-bond acceptors (Lipinski definition) is 4. The van der Waals surface area contributed by atoms with Crippen LogP contribution < -0.4 is 10.1 Å². The molecular weight excluding hydrogens is 447 g/mol. The van der Waals surface area contributed by atoms with E-state index in [0.29, 0.717) is 11.3 Å².